The van der Waals surface area contributed by atoms with Crippen LogP contribution in [0.4, 0.5) is 5.69 Å². The van der Waals surface area contributed by atoms with E-state index in [0.717, 1.165) is 17.3 Å². The second-order valence-corrected chi connectivity index (χ2v) is 5.16. The number of carbonyl (C=O) groups is 1. The molecule has 0 spiro atoms. The van der Waals surface area contributed by atoms with Gasteiger partial charge in [0, 0.05) is 28.8 Å². The highest BCUT2D eigenvalue weighted by atomic mass is 16.1. The summed E-state index contributed by atoms with van der Waals surface area (Å²) in [5.74, 6) is 0.406. The Balaban J connectivity index is 2.24. The van der Waals surface area contributed by atoms with Crippen LogP contribution in [0.5, 0.6) is 0 Å². The summed E-state index contributed by atoms with van der Waals surface area (Å²) in [5, 5.41) is 3.91. The molecule has 1 aromatic heterocycles. The van der Waals surface area contributed by atoms with Crippen LogP contribution < -0.4 is 11.1 Å². The molecule has 0 fully saturated rings. The molecule has 0 aliphatic carbocycles. The molecule has 1 amide bonds. The van der Waals surface area contributed by atoms with Gasteiger partial charge >= 0.3 is 0 Å². The lowest BCUT2D eigenvalue weighted by atomic mass is 10.0. The first-order valence-corrected chi connectivity index (χ1v) is 6.70. The summed E-state index contributed by atoms with van der Waals surface area (Å²) in [6.45, 7) is 6.30. The van der Waals surface area contributed by atoms with Crippen molar-refractivity contribution < 1.29 is 4.79 Å². The molecule has 2 rings (SSSR count). The van der Waals surface area contributed by atoms with Crippen molar-refractivity contribution in [2.45, 2.75) is 33.2 Å². The first kappa shape index (κ1) is 13.5. The number of nitrogen functional groups attached to an aromatic ring is 1. The van der Waals surface area contributed by atoms with Crippen molar-refractivity contribution in [2.75, 3.05) is 5.73 Å². The number of aromatic amines is 1. The molecule has 1 aromatic carbocycles. The van der Waals surface area contributed by atoms with Crippen LogP contribution >= 0.6 is 0 Å². The fraction of sp³-hybridized carbons (Fsp3) is 0.400. The number of hydrogen-bond acceptors (Lipinski definition) is 2. The number of H-pyrrole nitrogens is 1. The Labute approximate surface area is 113 Å². The molecule has 19 heavy (non-hydrogen) atoms. The molecule has 0 radical (unpaired) electrons. The van der Waals surface area contributed by atoms with Gasteiger partial charge < -0.3 is 16.0 Å². The van der Waals surface area contributed by atoms with Crippen LogP contribution in [-0.4, -0.2) is 16.9 Å². The Morgan fingerprint density at radius 3 is 2.84 bits per heavy atom. The molecule has 2 atom stereocenters. The van der Waals surface area contributed by atoms with E-state index in [1.807, 2.05) is 25.1 Å². The number of hydrogen-bond donors (Lipinski definition) is 3. The number of anilines is 1. The first-order valence-electron chi connectivity index (χ1n) is 6.70. The van der Waals surface area contributed by atoms with Crippen molar-refractivity contribution >= 4 is 22.5 Å². The minimum atomic E-state index is -0.0512. The Kier molecular flexibility index (Phi) is 3.79. The highest BCUT2D eigenvalue weighted by molar-refractivity contribution is 6.07. The van der Waals surface area contributed by atoms with Gasteiger partial charge in [-0.1, -0.05) is 20.3 Å². The number of rotatable bonds is 4. The highest BCUT2D eigenvalue weighted by Gasteiger charge is 2.17. The summed E-state index contributed by atoms with van der Waals surface area (Å²) in [5.41, 5.74) is 8.02. The third kappa shape index (κ3) is 2.72. The molecular weight excluding hydrogens is 238 g/mol. The molecule has 4 nitrogen and oxygen atoms in total. The van der Waals surface area contributed by atoms with Crippen molar-refractivity contribution in [3.8, 4) is 0 Å². The van der Waals surface area contributed by atoms with Crippen molar-refractivity contribution in [2.24, 2.45) is 5.92 Å². The zero-order valence-electron chi connectivity index (χ0n) is 11.7. The van der Waals surface area contributed by atoms with Crippen LogP contribution in [0.15, 0.2) is 24.4 Å². The van der Waals surface area contributed by atoms with Crippen molar-refractivity contribution in [3.63, 3.8) is 0 Å². The van der Waals surface area contributed by atoms with Crippen LogP contribution in [0, 0.1) is 5.92 Å². The number of fused-ring (bicyclic) bond motifs is 1. The van der Waals surface area contributed by atoms with E-state index in [9.17, 15) is 4.79 Å². The number of nitrogens with two attached hydrogens (primary N) is 1. The Hall–Kier alpha value is -1.97. The standard InChI is InChI=1S/C15H21N3O/c1-4-9(2)10(3)18-15(19)13-8-17-14-6-5-11(16)7-12(13)14/h5-10,17H,4,16H2,1-3H3,(H,18,19). The van der Waals surface area contributed by atoms with E-state index in [2.05, 4.69) is 24.1 Å². The van der Waals surface area contributed by atoms with Gasteiger partial charge in [-0.2, -0.15) is 0 Å². The number of benzene rings is 1. The summed E-state index contributed by atoms with van der Waals surface area (Å²) in [4.78, 5) is 15.4. The van der Waals surface area contributed by atoms with E-state index in [-0.39, 0.29) is 11.9 Å². The first-order chi connectivity index (χ1) is 9.02. The average molecular weight is 259 g/mol. The van der Waals surface area contributed by atoms with Gasteiger partial charge in [-0.05, 0) is 31.0 Å². The van der Waals surface area contributed by atoms with Gasteiger partial charge in [0.25, 0.3) is 5.91 Å². The van der Waals surface area contributed by atoms with Gasteiger partial charge in [0.05, 0.1) is 5.56 Å². The molecule has 4 N–H and O–H groups in total. The molecule has 1 heterocycles. The maximum absolute atomic E-state index is 12.3. The molecule has 2 aromatic rings. The molecule has 0 aliphatic rings. The average Bonchev–Trinajstić information content (AvgIpc) is 2.80. The van der Waals surface area contributed by atoms with Crippen LogP contribution in [-0.2, 0) is 0 Å². The minimum Gasteiger partial charge on any atom is -0.399 e. The van der Waals surface area contributed by atoms with Crippen molar-refractivity contribution in [1.29, 1.82) is 0 Å². The highest BCUT2D eigenvalue weighted by Crippen LogP contribution is 2.21. The van der Waals surface area contributed by atoms with E-state index in [1.165, 1.54) is 0 Å². The molecule has 0 saturated heterocycles. The zero-order valence-corrected chi connectivity index (χ0v) is 11.7. The second kappa shape index (κ2) is 5.34. The van der Waals surface area contributed by atoms with Crippen LogP contribution in [0.3, 0.4) is 0 Å². The zero-order chi connectivity index (χ0) is 14.0. The van der Waals surface area contributed by atoms with E-state index in [4.69, 9.17) is 5.73 Å². The van der Waals surface area contributed by atoms with Gasteiger partial charge in [0.15, 0.2) is 0 Å². The largest absolute Gasteiger partial charge is 0.399 e. The monoisotopic (exact) mass is 259 g/mol. The number of amides is 1. The number of aromatic nitrogens is 1. The molecule has 0 saturated carbocycles. The normalized spacial score (nSPS) is 14.3. The molecular formula is C15H21N3O. The van der Waals surface area contributed by atoms with Crippen LogP contribution in [0.1, 0.15) is 37.6 Å². The van der Waals surface area contributed by atoms with E-state index in [1.54, 1.807) is 6.20 Å². The van der Waals surface area contributed by atoms with Gasteiger partial charge in [-0.3, -0.25) is 4.79 Å². The van der Waals surface area contributed by atoms with Gasteiger partial charge in [-0.15, -0.1) is 0 Å². The maximum atomic E-state index is 12.3. The predicted octanol–water partition coefficient (Wildman–Crippen LogP) is 2.91. The van der Waals surface area contributed by atoms with E-state index >= 15 is 0 Å². The van der Waals surface area contributed by atoms with Crippen LogP contribution in [0.2, 0.25) is 0 Å². The molecule has 0 aliphatic heterocycles. The summed E-state index contributed by atoms with van der Waals surface area (Å²) in [6, 6.07) is 5.69. The lowest BCUT2D eigenvalue weighted by molar-refractivity contribution is 0.0930. The quantitative estimate of drug-likeness (QED) is 0.739. The van der Waals surface area contributed by atoms with E-state index in [0.29, 0.717) is 17.2 Å². The fourth-order valence-corrected chi connectivity index (χ4v) is 2.11. The number of carbonyl (C=O) groups excluding carboxylic acids is 1. The fourth-order valence-electron chi connectivity index (χ4n) is 2.11. The lowest BCUT2D eigenvalue weighted by Crippen LogP contribution is -2.36. The Morgan fingerprint density at radius 1 is 1.42 bits per heavy atom. The van der Waals surface area contributed by atoms with Crippen molar-refractivity contribution in [3.05, 3.63) is 30.0 Å². The summed E-state index contributed by atoms with van der Waals surface area (Å²) >= 11 is 0. The SMILES string of the molecule is CCC(C)C(C)NC(=O)c1c[nH]c2ccc(N)cc12. The Bertz CT molecular complexity index is 588. The Morgan fingerprint density at radius 2 is 2.16 bits per heavy atom. The summed E-state index contributed by atoms with van der Waals surface area (Å²) in [7, 11) is 0. The third-order valence-corrected chi connectivity index (χ3v) is 3.81. The third-order valence-electron chi connectivity index (χ3n) is 3.81. The van der Waals surface area contributed by atoms with Gasteiger partial charge in [-0.25, -0.2) is 0 Å². The van der Waals surface area contributed by atoms with Crippen LogP contribution in [0.25, 0.3) is 10.9 Å². The second-order valence-electron chi connectivity index (χ2n) is 5.16. The van der Waals surface area contributed by atoms with Crippen molar-refractivity contribution in [1.82, 2.24) is 10.3 Å². The van der Waals surface area contributed by atoms with E-state index < -0.39 is 0 Å². The minimum absolute atomic E-state index is 0.0512. The lowest BCUT2D eigenvalue weighted by Gasteiger charge is -2.19. The summed E-state index contributed by atoms with van der Waals surface area (Å²) in [6.07, 6.45) is 2.78. The summed E-state index contributed by atoms with van der Waals surface area (Å²) < 4.78 is 0. The predicted molar refractivity (Wildman–Crippen MR) is 79.1 cm³/mol. The smallest absolute Gasteiger partial charge is 0.253 e. The molecule has 4 heteroatoms. The maximum Gasteiger partial charge on any atom is 0.253 e. The molecule has 0 bridgehead atoms. The molecule has 102 valence electrons. The number of nitrogens with one attached hydrogen (secondary N) is 2. The van der Waals surface area contributed by atoms with Gasteiger partial charge in [0.2, 0.25) is 0 Å². The molecule has 2 unspecified atom stereocenters. The van der Waals surface area contributed by atoms with Gasteiger partial charge in [0.1, 0.15) is 0 Å². The topological polar surface area (TPSA) is 70.9 Å².